The molecule has 2 aromatic carbocycles. The first-order valence-electron chi connectivity index (χ1n) is 6.65. The highest BCUT2D eigenvalue weighted by Gasteiger charge is 2.08. The zero-order valence-electron chi connectivity index (χ0n) is 11.5. The molecule has 0 aromatic heterocycles. The fourth-order valence-electron chi connectivity index (χ4n) is 2.13. The predicted octanol–water partition coefficient (Wildman–Crippen LogP) is 4.38. The van der Waals surface area contributed by atoms with Crippen LogP contribution in [0.4, 0.5) is 0 Å². The van der Waals surface area contributed by atoms with Crippen LogP contribution in [0.25, 0.3) is 0 Å². The second kappa shape index (κ2) is 6.78. The van der Waals surface area contributed by atoms with E-state index < -0.39 is 6.10 Å². The van der Waals surface area contributed by atoms with Crippen LogP contribution in [-0.2, 0) is 6.42 Å². The summed E-state index contributed by atoms with van der Waals surface area (Å²) in [5.74, 6) is 1.07. The van der Waals surface area contributed by atoms with Crippen LogP contribution in [0.1, 0.15) is 29.7 Å². The van der Waals surface area contributed by atoms with Gasteiger partial charge < -0.3 is 5.11 Å². The lowest BCUT2D eigenvalue weighted by Crippen LogP contribution is -2.01. The molecule has 0 aliphatic heterocycles. The lowest BCUT2D eigenvalue weighted by atomic mass is 10.0. The maximum absolute atomic E-state index is 10.3. The minimum Gasteiger partial charge on any atom is -0.388 e. The molecule has 0 heterocycles. The first-order chi connectivity index (χ1) is 9.19. The van der Waals surface area contributed by atoms with Gasteiger partial charge in [-0.2, -0.15) is 0 Å². The van der Waals surface area contributed by atoms with E-state index in [4.69, 9.17) is 0 Å². The van der Waals surface area contributed by atoms with Gasteiger partial charge >= 0.3 is 0 Å². The molecule has 1 nitrogen and oxygen atoms in total. The van der Waals surface area contributed by atoms with E-state index in [1.54, 1.807) is 0 Å². The molecule has 2 heteroatoms. The van der Waals surface area contributed by atoms with E-state index in [1.165, 1.54) is 16.0 Å². The van der Waals surface area contributed by atoms with Crippen molar-refractivity contribution in [3.05, 3.63) is 65.2 Å². The van der Waals surface area contributed by atoms with Gasteiger partial charge in [0.05, 0.1) is 6.10 Å². The maximum atomic E-state index is 10.3. The minimum atomic E-state index is -0.428. The van der Waals surface area contributed by atoms with Gasteiger partial charge in [-0.15, -0.1) is 11.8 Å². The van der Waals surface area contributed by atoms with Crippen molar-refractivity contribution in [2.24, 2.45) is 0 Å². The Hall–Kier alpha value is -1.25. The van der Waals surface area contributed by atoms with Gasteiger partial charge in [-0.05, 0) is 35.9 Å². The van der Waals surface area contributed by atoms with Gasteiger partial charge in [0.2, 0.25) is 0 Å². The normalized spacial score (nSPS) is 12.4. The maximum Gasteiger partial charge on any atom is 0.0830 e. The van der Waals surface area contributed by atoms with Crippen molar-refractivity contribution in [2.75, 3.05) is 5.75 Å². The fourth-order valence-corrected chi connectivity index (χ4v) is 2.79. The first kappa shape index (κ1) is 14.2. The molecule has 100 valence electrons. The van der Waals surface area contributed by atoms with E-state index in [2.05, 4.69) is 44.2 Å². The van der Waals surface area contributed by atoms with Crippen LogP contribution in [0.2, 0.25) is 0 Å². The second-order valence-electron chi connectivity index (χ2n) is 4.71. The third kappa shape index (κ3) is 4.12. The summed E-state index contributed by atoms with van der Waals surface area (Å²) in [4.78, 5) is 1.26. The van der Waals surface area contributed by atoms with E-state index in [9.17, 15) is 5.11 Å². The van der Waals surface area contributed by atoms with Crippen LogP contribution < -0.4 is 0 Å². The third-order valence-electron chi connectivity index (χ3n) is 3.09. The molecule has 2 rings (SSSR count). The molecule has 0 saturated heterocycles. The molecule has 19 heavy (non-hydrogen) atoms. The molecule has 0 amide bonds. The van der Waals surface area contributed by atoms with E-state index in [0.29, 0.717) is 6.42 Å². The van der Waals surface area contributed by atoms with Gasteiger partial charge in [0.25, 0.3) is 0 Å². The molecule has 2 aromatic rings. The molecular weight excluding hydrogens is 252 g/mol. The highest BCUT2D eigenvalue weighted by molar-refractivity contribution is 7.99. The Morgan fingerprint density at radius 2 is 1.84 bits per heavy atom. The summed E-state index contributed by atoms with van der Waals surface area (Å²) in [5, 5.41) is 10.3. The Bertz CT molecular complexity index is 519. The standard InChI is InChI=1S/C17H20OS/c1-3-19-16-9-7-15(8-10-16)17(18)12-14-6-4-5-13(2)11-14/h4-11,17-18H,3,12H2,1-2H3. The predicted molar refractivity (Wildman–Crippen MR) is 82.7 cm³/mol. The summed E-state index contributed by atoms with van der Waals surface area (Å²) in [6, 6.07) is 16.5. The summed E-state index contributed by atoms with van der Waals surface area (Å²) in [5.41, 5.74) is 3.40. The molecule has 0 saturated carbocycles. The van der Waals surface area contributed by atoms with Crippen molar-refractivity contribution in [3.63, 3.8) is 0 Å². The first-order valence-corrected chi connectivity index (χ1v) is 7.64. The van der Waals surface area contributed by atoms with Crippen molar-refractivity contribution < 1.29 is 5.11 Å². The number of thioether (sulfide) groups is 1. The van der Waals surface area contributed by atoms with Gasteiger partial charge in [-0.25, -0.2) is 0 Å². The topological polar surface area (TPSA) is 20.2 Å². The minimum absolute atomic E-state index is 0.428. The lowest BCUT2D eigenvalue weighted by Gasteiger charge is -2.12. The molecule has 0 fully saturated rings. The number of aliphatic hydroxyl groups is 1. The molecule has 1 atom stereocenters. The van der Waals surface area contributed by atoms with Gasteiger partial charge in [0.15, 0.2) is 0 Å². The van der Waals surface area contributed by atoms with Crippen LogP contribution >= 0.6 is 11.8 Å². The van der Waals surface area contributed by atoms with Crippen LogP contribution in [0, 0.1) is 6.92 Å². The average Bonchev–Trinajstić information content (AvgIpc) is 2.40. The molecule has 1 N–H and O–H groups in total. The summed E-state index contributed by atoms with van der Waals surface area (Å²) < 4.78 is 0. The zero-order chi connectivity index (χ0) is 13.7. The Balaban J connectivity index is 2.05. The van der Waals surface area contributed by atoms with E-state index in [1.807, 2.05) is 30.0 Å². The molecular formula is C17H20OS. The Labute approximate surface area is 119 Å². The van der Waals surface area contributed by atoms with Crippen LogP contribution in [0.3, 0.4) is 0 Å². The number of benzene rings is 2. The van der Waals surface area contributed by atoms with Gasteiger partial charge in [-0.1, -0.05) is 48.9 Å². The smallest absolute Gasteiger partial charge is 0.0830 e. The van der Waals surface area contributed by atoms with Crippen LogP contribution in [-0.4, -0.2) is 10.9 Å². The van der Waals surface area contributed by atoms with E-state index in [-0.39, 0.29) is 0 Å². The quantitative estimate of drug-likeness (QED) is 0.815. The van der Waals surface area contributed by atoms with Gasteiger partial charge in [0.1, 0.15) is 0 Å². The SMILES string of the molecule is CCSc1ccc(C(O)Cc2cccc(C)c2)cc1. The van der Waals surface area contributed by atoms with Crippen LogP contribution in [0.15, 0.2) is 53.4 Å². The number of aliphatic hydroxyl groups excluding tert-OH is 1. The monoisotopic (exact) mass is 272 g/mol. The number of aryl methyl sites for hydroxylation is 1. The Morgan fingerprint density at radius 3 is 2.47 bits per heavy atom. The number of hydrogen-bond acceptors (Lipinski definition) is 2. The number of hydrogen-bond donors (Lipinski definition) is 1. The van der Waals surface area contributed by atoms with Crippen LogP contribution in [0.5, 0.6) is 0 Å². The summed E-state index contributed by atoms with van der Waals surface area (Å²) in [6.07, 6.45) is 0.240. The average molecular weight is 272 g/mol. The molecule has 0 aliphatic carbocycles. The molecule has 0 spiro atoms. The zero-order valence-corrected chi connectivity index (χ0v) is 12.3. The Kier molecular flexibility index (Phi) is 5.06. The van der Waals surface area contributed by atoms with Crippen molar-refractivity contribution >= 4 is 11.8 Å². The van der Waals surface area contributed by atoms with Crippen molar-refractivity contribution in [1.82, 2.24) is 0 Å². The molecule has 0 aliphatic rings. The molecule has 1 unspecified atom stereocenters. The van der Waals surface area contributed by atoms with E-state index >= 15 is 0 Å². The fraction of sp³-hybridized carbons (Fsp3) is 0.294. The lowest BCUT2D eigenvalue weighted by molar-refractivity contribution is 0.178. The van der Waals surface area contributed by atoms with Gasteiger partial charge in [0, 0.05) is 11.3 Å². The van der Waals surface area contributed by atoms with Gasteiger partial charge in [-0.3, -0.25) is 0 Å². The molecule has 0 radical (unpaired) electrons. The third-order valence-corrected chi connectivity index (χ3v) is 3.98. The summed E-state index contributed by atoms with van der Waals surface area (Å²) >= 11 is 1.82. The van der Waals surface area contributed by atoms with Crippen molar-refractivity contribution in [1.29, 1.82) is 0 Å². The Morgan fingerprint density at radius 1 is 1.11 bits per heavy atom. The largest absolute Gasteiger partial charge is 0.388 e. The van der Waals surface area contributed by atoms with Crippen molar-refractivity contribution in [2.45, 2.75) is 31.3 Å². The van der Waals surface area contributed by atoms with E-state index in [0.717, 1.165) is 11.3 Å². The highest BCUT2D eigenvalue weighted by Crippen LogP contribution is 2.23. The van der Waals surface area contributed by atoms with Crippen molar-refractivity contribution in [3.8, 4) is 0 Å². The second-order valence-corrected chi connectivity index (χ2v) is 6.05. The summed E-state index contributed by atoms with van der Waals surface area (Å²) in [7, 11) is 0. The molecule has 0 bridgehead atoms. The highest BCUT2D eigenvalue weighted by atomic mass is 32.2. The summed E-state index contributed by atoms with van der Waals surface area (Å²) in [6.45, 7) is 4.22. The number of rotatable bonds is 5.